The summed E-state index contributed by atoms with van der Waals surface area (Å²) in [5.41, 5.74) is 0. The smallest absolute Gasteiger partial charge is 0.264 e. The summed E-state index contributed by atoms with van der Waals surface area (Å²) < 4.78 is 36.7. The van der Waals surface area contributed by atoms with Crippen LogP contribution < -0.4 is 0 Å². The van der Waals surface area contributed by atoms with E-state index in [9.17, 15) is 8.42 Å². The van der Waals surface area contributed by atoms with Crippen molar-refractivity contribution in [3.05, 3.63) is 0 Å². The summed E-state index contributed by atoms with van der Waals surface area (Å²) in [6, 6.07) is 0. The van der Waals surface area contributed by atoms with Crippen LogP contribution in [0.5, 0.6) is 0 Å². The molecule has 0 bridgehead atoms. The molecule has 86 valence electrons. The Bertz CT molecular complexity index is 242. The minimum Gasteiger partial charge on any atom is -0.353 e. The number of ether oxygens (including phenoxy) is 2. The van der Waals surface area contributed by atoms with E-state index in [-0.39, 0.29) is 5.92 Å². The Balaban J connectivity index is 4.59. The molecule has 0 rings (SSSR count). The van der Waals surface area contributed by atoms with Crippen LogP contribution >= 0.6 is 0 Å². The zero-order valence-electron chi connectivity index (χ0n) is 9.18. The molecule has 1 unspecified atom stereocenters. The highest BCUT2D eigenvalue weighted by Gasteiger charge is 2.28. The maximum atomic E-state index is 10.9. The standard InChI is InChI=1S/C8H18O5S/c1-6(2)7(8(11-3)12-4)13-14(5,9)10/h6-8H,1-5H3. The van der Waals surface area contributed by atoms with Crippen molar-refractivity contribution < 1.29 is 22.1 Å². The second kappa shape index (κ2) is 5.65. The van der Waals surface area contributed by atoms with Crippen molar-refractivity contribution in [2.75, 3.05) is 20.5 Å². The van der Waals surface area contributed by atoms with E-state index in [4.69, 9.17) is 13.7 Å². The van der Waals surface area contributed by atoms with Crippen LogP contribution in [0.15, 0.2) is 0 Å². The fraction of sp³-hybridized carbons (Fsp3) is 1.00. The van der Waals surface area contributed by atoms with Gasteiger partial charge in [0, 0.05) is 14.2 Å². The molecule has 6 heteroatoms. The Morgan fingerprint density at radius 3 is 1.71 bits per heavy atom. The lowest BCUT2D eigenvalue weighted by Gasteiger charge is -2.26. The van der Waals surface area contributed by atoms with Gasteiger partial charge in [-0.1, -0.05) is 13.8 Å². The van der Waals surface area contributed by atoms with Crippen LogP contribution in [-0.2, 0) is 23.8 Å². The topological polar surface area (TPSA) is 61.8 Å². The highest BCUT2D eigenvalue weighted by Crippen LogP contribution is 2.16. The van der Waals surface area contributed by atoms with Crippen molar-refractivity contribution in [1.82, 2.24) is 0 Å². The molecule has 1 atom stereocenters. The fourth-order valence-corrected chi connectivity index (χ4v) is 1.75. The van der Waals surface area contributed by atoms with E-state index in [0.29, 0.717) is 0 Å². The van der Waals surface area contributed by atoms with Gasteiger partial charge in [0.2, 0.25) is 0 Å². The molecule has 0 aromatic carbocycles. The van der Waals surface area contributed by atoms with Crippen molar-refractivity contribution >= 4 is 10.1 Å². The highest BCUT2D eigenvalue weighted by molar-refractivity contribution is 7.86. The molecule has 0 fully saturated rings. The summed E-state index contributed by atoms with van der Waals surface area (Å²) in [5, 5.41) is 0. The Labute approximate surface area is 85.5 Å². The molecule has 0 aromatic rings. The Hall–Kier alpha value is -0.170. The monoisotopic (exact) mass is 226 g/mol. The van der Waals surface area contributed by atoms with Crippen molar-refractivity contribution in [1.29, 1.82) is 0 Å². The van der Waals surface area contributed by atoms with Crippen LogP contribution in [0, 0.1) is 5.92 Å². The van der Waals surface area contributed by atoms with Crippen LogP contribution in [-0.4, -0.2) is 41.3 Å². The minimum absolute atomic E-state index is 0.0189. The first-order valence-corrected chi connectivity index (χ1v) is 6.07. The van der Waals surface area contributed by atoms with E-state index < -0.39 is 22.5 Å². The first kappa shape index (κ1) is 13.8. The fourth-order valence-electron chi connectivity index (χ4n) is 1.04. The lowest BCUT2D eigenvalue weighted by atomic mass is 10.1. The summed E-state index contributed by atoms with van der Waals surface area (Å²) in [6.07, 6.45) is -0.296. The van der Waals surface area contributed by atoms with Gasteiger partial charge in [-0.25, -0.2) is 0 Å². The second-order valence-corrected chi connectivity index (χ2v) is 4.95. The summed E-state index contributed by atoms with van der Waals surface area (Å²) in [4.78, 5) is 0. The van der Waals surface area contributed by atoms with Gasteiger partial charge in [-0.2, -0.15) is 8.42 Å². The zero-order valence-corrected chi connectivity index (χ0v) is 10.00. The van der Waals surface area contributed by atoms with E-state index in [1.807, 2.05) is 13.8 Å². The first-order valence-electron chi connectivity index (χ1n) is 4.25. The Kier molecular flexibility index (Phi) is 5.58. The molecule has 0 aliphatic rings. The van der Waals surface area contributed by atoms with Gasteiger partial charge < -0.3 is 9.47 Å². The molecule has 5 nitrogen and oxygen atoms in total. The van der Waals surface area contributed by atoms with Gasteiger partial charge in [0.15, 0.2) is 6.29 Å². The third-order valence-electron chi connectivity index (χ3n) is 1.68. The lowest BCUT2D eigenvalue weighted by molar-refractivity contribution is -0.165. The Morgan fingerprint density at radius 1 is 1.07 bits per heavy atom. The summed E-state index contributed by atoms with van der Waals surface area (Å²) in [7, 11) is -0.614. The largest absolute Gasteiger partial charge is 0.353 e. The van der Waals surface area contributed by atoms with E-state index in [1.165, 1.54) is 14.2 Å². The molecule has 14 heavy (non-hydrogen) atoms. The number of hydrogen-bond donors (Lipinski definition) is 0. The van der Waals surface area contributed by atoms with Crippen LogP contribution in [0.25, 0.3) is 0 Å². The van der Waals surface area contributed by atoms with Crippen molar-refractivity contribution in [3.63, 3.8) is 0 Å². The van der Waals surface area contributed by atoms with Crippen LogP contribution in [0.1, 0.15) is 13.8 Å². The SMILES string of the molecule is COC(OC)C(OS(C)(=O)=O)C(C)C. The molecule has 0 saturated heterocycles. The first-order chi connectivity index (χ1) is 6.31. The minimum atomic E-state index is -3.49. The van der Waals surface area contributed by atoms with E-state index in [0.717, 1.165) is 6.26 Å². The third kappa shape index (κ3) is 4.90. The molecule has 0 heterocycles. The maximum Gasteiger partial charge on any atom is 0.264 e. The zero-order chi connectivity index (χ0) is 11.4. The highest BCUT2D eigenvalue weighted by atomic mass is 32.2. The maximum absolute atomic E-state index is 10.9. The molecule has 0 N–H and O–H groups in total. The Morgan fingerprint density at radius 2 is 1.50 bits per heavy atom. The molecular weight excluding hydrogens is 208 g/mol. The average Bonchev–Trinajstić information content (AvgIpc) is 2.02. The van der Waals surface area contributed by atoms with E-state index >= 15 is 0 Å². The predicted molar refractivity (Wildman–Crippen MR) is 52.4 cm³/mol. The van der Waals surface area contributed by atoms with Crippen molar-refractivity contribution in [2.45, 2.75) is 26.2 Å². The third-order valence-corrected chi connectivity index (χ3v) is 2.25. The van der Waals surface area contributed by atoms with Crippen molar-refractivity contribution in [3.8, 4) is 0 Å². The summed E-state index contributed by atoms with van der Waals surface area (Å²) in [6.45, 7) is 3.67. The second-order valence-electron chi connectivity index (χ2n) is 3.35. The number of rotatable bonds is 6. The summed E-state index contributed by atoms with van der Waals surface area (Å²) >= 11 is 0. The predicted octanol–water partition coefficient (Wildman–Crippen LogP) is 0.606. The molecule has 0 spiro atoms. The molecule has 0 amide bonds. The molecule has 0 aliphatic heterocycles. The average molecular weight is 226 g/mol. The quantitative estimate of drug-likeness (QED) is 0.490. The molecule has 0 aromatic heterocycles. The van der Waals surface area contributed by atoms with Gasteiger partial charge in [-0.3, -0.25) is 4.18 Å². The van der Waals surface area contributed by atoms with Crippen LogP contribution in [0.4, 0.5) is 0 Å². The molecule has 0 saturated carbocycles. The van der Waals surface area contributed by atoms with Crippen LogP contribution in [0.3, 0.4) is 0 Å². The summed E-state index contributed by atoms with van der Waals surface area (Å²) in [5.74, 6) is -0.0189. The normalized spacial score (nSPS) is 15.1. The van der Waals surface area contributed by atoms with Crippen LogP contribution in [0.2, 0.25) is 0 Å². The number of methoxy groups -OCH3 is 2. The van der Waals surface area contributed by atoms with Gasteiger partial charge in [-0.15, -0.1) is 0 Å². The molecule has 0 radical (unpaired) electrons. The van der Waals surface area contributed by atoms with Gasteiger partial charge in [0.05, 0.1) is 6.26 Å². The van der Waals surface area contributed by atoms with E-state index in [1.54, 1.807) is 0 Å². The van der Waals surface area contributed by atoms with Crippen molar-refractivity contribution in [2.24, 2.45) is 5.92 Å². The lowest BCUT2D eigenvalue weighted by Crippen LogP contribution is -2.38. The molecular formula is C8H18O5S. The van der Waals surface area contributed by atoms with Gasteiger partial charge in [-0.05, 0) is 5.92 Å². The molecule has 0 aliphatic carbocycles. The van der Waals surface area contributed by atoms with Gasteiger partial charge >= 0.3 is 0 Å². The van der Waals surface area contributed by atoms with Gasteiger partial charge in [0.1, 0.15) is 6.10 Å². The van der Waals surface area contributed by atoms with Gasteiger partial charge in [0.25, 0.3) is 10.1 Å². The van der Waals surface area contributed by atoms with E-state index in [2.05, 4.69) is 0 Å². The number of hydrogen-bond acceptors (Lipinski definition) is 5.